The highest BCUT2D eigenvalue weighted by atomic mass is 16.5. The number of methoxy groups -OCH3 is 1. The van der Waals surface area contributed by atoms with Crippen LogP contribution in [0.2, 0.25) is 0 Å². The van der Waals surface area contributed by atoms with Gasteiger partial charge >= 0.3 is 0 Å². The summed E-state index contributed by atoms with van der Waals surface area (Å²) < 4.78 is 9.71. The Hall–Kier alpha value is -2.42. The smallest absolute Gasteiger partial charge is 0.120 e. The highest BCUT2D eigenvalue weighted by Gasteiger charge is 2.11. The van der Waals surface area contributed by atoms with E-state index >= 15 is 0 Å². The van der Waals surface area contributed by atoms with E-state index in [2.05, 4.69) is 65.7 Å². The van der Waals surface area contributed by atoms with Gasteiger partial charge in [0.2, 0.25) is 0 Å². The molecule has 0 spiro atoms. The van der Waals surface area contributed by atoms with Gasteiger partial charge in [-0.2, -0.15) is 0 Å². The Morgan fingerprint density at radius 1 is 0.950 bits per heavy atom. The molecular formula is C17H18N2O. The molecule has 0 N–H and O–H groups in total. The van der Waals surface area contributed by atoms with Gasteiger partial charge in [-0.15, -0.1) is 0 Å². The zero-order chi connectivity index (χ0) is 14.1. The molecule has 3 heteroatoms. The molecule has 0 saturated heterocycles. The summed E-state index contributed by atoms with van der Waals surface area (Å²) in [4.78, 5) is 0. The SMILES string of the molecule is COc1cccc(-n2c(C)ccc2-c2cccn2C)c1. The number of hydrogen-bond donors (Lipinski definition) is 0. The predicted octanol–water partition coefficient (Wildman–Crippen LogP) is 3.80. The van der Waals surface area contributed by atoms with Gasteiger partial charge in [-0.25, -0.2) is 0 Å². The molecule has 0 fully saturated rings. The Bertz CT molecular complexity index is 737. The van der Waals surface area contributed by atoms with E-state index in [1.807, 2.05) is 12.1 Å². The molecule has 0 radical (unpaired) electrons. The van der Waals surface area contributed by atoms with Crippen molar-refractivity contribution in [2.24, 2.45) is 7.05 Å². The molecule has 3 nitrogen and oxygen atoms in total. The number of nitrogens with zero attached hydrogens (tertiary/aromatic N) is 2. The van der Waals surface area contributed by atoms with Crippen molar-refractivity contribution in [2.75, 3.05) is 7.11 Å². The van der Waals surface area contributed by atoms with E-state index in [-0.39, 0.29) is 0 Å². The van der Waals surface area contributed by atoms with Gasteiger partial charge in [0.1, 0.15) is 5.75 Å². The Balaban J connectivity index is 2.19. The lowest BCUT2D eigenvalue weighted by Gasteiger charge is -2.13. The van der Waals surface area contributed by atoms with Crippen LogP contribution in [0.3, 0.4) is 0 Å². The number of rotatable bonds is 3. The molecule has 0 atom stereocenters. The highest BCUT2D eigenvalue weighted by molar-refractivity contribution is 5.61. The van der Waals surface area contributed by atoms with Crippen LogP contribution in [-0.2, 0) is 7.05 Å². The molecular weight excluding hydrogens is 248 g/mol. The van der Waals surface area contributed by atoms with E-state index in [1.165, 1.54) is 17.1 Å². The summed E-state index contributed by atoms with van der Waals surface area (Å²) in [5.74, 6) is 0.869. The molecule has 102 valence electrons. The number of hydrogen-bond acceptors (Lipinski definition) is 1. The third-order valence-electron chi connectivity index (χ3n) is 3.59. The van der Waals surface area contributed by atoms with Crippen LogP contribution in [0.25, 0.3) is 17.1 Å². The highest BCUT2D eigenvalue weighted by Crippen LogP contribution is 2.28. The maximum absolute atomic E-state index is 5.33. The molecule has 1 aromatic carbocycles. The number of aryl methyl sites for hydroxylation is 2. The lowest BCUT2D eigenvalue weighted by molar-refractivity contribution is 0.414. The van der Waals surface area contributed by atoms with Crippen LogP contribution >= 0.6 is 0 Å². The normalized spacial score (nSPS) is 10.8. The number of aromatic nitrogens is 2. The first-order valence-electron chi connectivity index (χ1n) is 6.65. The van der Waals surface area contributed by atoms with Crippen molar-refractivity contribution >= 4 is 0 Å². The maximum atomic E-state index is 5.33. The number of ether oxygens (including phenoxy) is 1. The molecule has 3 aromatic rings. The minimum absolute atomic E-state index is 0.869. The number of benzene rings is 1. The lowest BCUT2D eigenvalue weighted by atomic mass is 10.2. The van der Waals surface area contributed by atoms with Crippen molar-refractivity contribution in [3.8, 4) is 22.8 Å². The Labute approximate surface area is 119 Å². The molecule has 0 aliphatic heterocycles. The van der Waals surface area contributed by atoms with Crippen molar-refractivity contribution in [2.45, 2.75) is 6.92 Å². The van der Waals surface area contributed by atoms with E-state index in [9.17, 15) is 0 Å². The van der Waals surface area contributed by atoms with Crippen LogP contribution in [0.15, 0.2) is 54.7 Å². The summed E-state index contributed by atoms with van der Waals surface area (Å²) in [5, 5.41) is 0. The Kier molecular flexibility index (Phi) is 3.11. The molecule has 0 amide bonds. The third-order valence-corrected chi connectivity index (χ3v) is 3.59. The van der Waals surface area contributed by atoms with Crippen molar-refractivity contribution in [1.29, 1.82) is 0 Å². The van der Waals surface area contributed by atoms with Gasteiger partial charge in [-0.1, -0.05) is 6.07 Å². The Morgan fingerprint density at radius 2 is 1.80 bits per heavy atom. The summed E-state index contributed by atoms with van der Waals surface area (Å²) in [6.07, 6.45) is 2.06. The fourth-order valence-corrected chi connectivity index (χ4v) is 2.56. The maximum Gasteiger partial charge on any atom is 0.120 e. The van der Waals surface area contributed by atoms with Crippen molar-refractivity contribution < 1.29 is 4.74 Å². The zero-order valence-electron chi connectivity index (χ0n) is 12.0. The van der Waals surface area contributed by atoms with Crippen LogP contribution in [0.5, 0.6) is 5.75 Å². The minimum Gasteiger partial charge on any atom is -0.497 e. The summed E-state index contributed by atoms with van der Waals surface area (Å²) in [6.45, 7) is 2.12. The van der Waals surface area contributed by atoms with Gasteiger partial charge < -0.3 is 13.9 Å². The fourth-order valence-electron chi connectivity index (χ4n) is 2.56. The van der Waals surface area contributed by atoms with Gasteiger partial charge in [-0.3, -0.25) is 0 Å². The molecule has 0 aliphatic carbocycles. The fraction of sp³-hybridized carbons (Fsp3) is 0.176. The van der Waals surface area contributed by atoms with Crippen molar-refractivity contribution in [1.82, 2.24) is 9.13 Å². The first-order valence-corrected chi connectivity index (χ1v) is 6.65. The topological polar surface area (TPSA) is 19.1 Å². The monoisotopic (exact) mass is 266 g/mol. The molecule has 2 aromatic heterocycles. The first kappa shape index (κ1) is 12.6. The van der Waals surface area contributed by atoms with Crippen LogP contribution in [0.1, 0.15) is 5.69 Å². The van der Waals surface area contributed by atoms with Gasteiger partial charge in [0.05, 0.1) is 18.5 Å². The second-order valence-corrected chi connectivity index (χ2v) is 4.90. The van der Waals surface area contributed by atoms with Crippen LogP contribution in [-0.4, -0.2) is 16.2 Å². The van der Waals surface area contributed by atoms with Gasteiger partial charge in [-0.05, 0) is 43.3 Å². The summed E-state index contributed by atoms with van der Waals surface area (Å²) in [7, 11) is 3.76. The molecule has 2 heterocycles. The van der Waals surface area contributed by atoms with E-state index in [4.69, 9.17) is 4.74 Å². The lowest BCUT2D eigenvalue weighted by Crippen LogP contribution is -2.01. The van der Waals surface area contributed by atoms with E-state index in [1.54, 1.807) is 7.11 Å². The second kappa shape index (κ2) is 4.93. The van der Waals surface area contributed by atoms with Gasteiger partial charge in [0.25, 0.3) is 0 Å². The van der Waals surface area contributed by atoms with Gasteiger partial charge in [0.15, 0.2) is 0 Å². The summed E-state index contributed by atoms with van der Waals surface area (Å²) >= 11 is 0. The van der Waals surface area contributed by atoms with Crippen molar-refractivity contribution in [3.05, 3.63) is 60.4 Å². The van der Waals surface area contributed by atoms with Crippen molar-refractivity contribution in [3.63, 3.8) is 0 Å². The summed E-state index contributed by atoms with van der Waals surface area (Å²) in [6, 6.07) is 16.6. The quantitative estimate of drug-likeness (QED) is 0.705. The van der Waals surface area contributed by atoms with E-state index in [0.29, 0.717) is 0 Å². The largest absolute Gasteiger partial charge is 0.497 e. The summed E-state index contributed by atoms with van der Waals surface area (Å²) in [5.41, 5.74) is 4.70. The molecule has 0 aliphatic rings. The average molecular weight is 266 g/mol. The van der Waals surface area contributed by atoms with Crippen LogP contribution in [0.4, 0.5) is 0 Å². The third kappa shape index (κ3) is 2.01. The standard InChI is InChI=1S/C17H18N2O/c1-13-9-10-17(16-8-5-11-18(16)2)19(13)14-6-4-7-15(12-14)20-3/h4-12H,1-3H3. The van der Waals surface area contributed by atoms with E-state index in [0.717, 1.165) is 11.4 Å². The van der Waals surface area contributed by atoms with Crippen LogP contribution in [0, 0.1) is 6.92 Å². The molecule has 0 saturated carbocycles. The molecule has 0 bridgehead atoms. The van der Waals surface area contributed by atoms with Gasteiger partial charge in [0, 0.05) is 30.7 Å². The first-order chi connectivity index (χ1) is 9.70. The molecule has 20 heavy (non-hydrogen) atoms. The second-order valence-electron chi connectivity index (χ2n) is 4.90. The molecule has 3 rings (SSSR count). The molecule has 0 unspecified atom stereocenters. The van der Waals surface area contributed by atoms with Crippen LogP contribution < -0.4 is 4.74 Å². The zero-order valence-corrected chi connectivity index (χ0v) is 12.0. The van der Waals surface area contributed by atoms with E-state index < -0.39 is 0 Å². The Morgan fingerprint density at radius 3 is 2.50 bits per heavy atom. The minimum atomic E-state index is 0.869. The predicted molar refractivity (Wildman–Crippen MR) is 81.5 cm³/mol. The average Bonchev–Trinajstić information content (AvgIpc) is 3.04.